The lowest BCUT2D eigenvalue weighted by Gasteiger charge is -2.33. The molecule has 1 nitrogen and oxygen atoms in total. The van der Waals surface area contributed by atoms with E-state index < -0.39 is 5.60 Å². The lowest BCUT2D eigenvalue weighted by Crippen LogP contribution is -2.34. The summed E-state index contributed by atoms with van der Waals surface area (Å²) in [6.45, 7) is 11.7. The Bertz CT molecular complexity index is 244. The minimum Gasteiger partial charge on any atom is -0.365 e. The first-order chi connectivity index (χ1) is 6.45. The number of terminal acetylenes is 1. The molecule has 0 aliphatic rings. The molecular formula is C13H20O. The second-order valence-corrected chi connectivity index (χ2v) is 4.21. The highest BCUT2D eigenvalue weighted by atomic mass is 16.5. The van der Waals surface area contributed by atoms with Crippen molar-refractivity contribution in [1.29, 1.82) is 0 Å². The lowest BCUT2D eigenvalue weighted by molar-refractivity contribution is 0.0156. The van der Waals surface area contributed by atoms with E-state index in [1.807, 2.05) is 6.08 Å². The van der Waals surface area contributed by atoms with Crippen LogP contribution in [0.3, 0.4) is 0 Å². The lowest BCUT2D eigenvalue weighted by atomic mass is 9.79. The SMILES string of the molecule is C#CC(CC=C)(CC(C)(C)C=C)OC. The highest BCUT2D eigenvalue weighted by Gasteiger charge is 2.32. The van der Waals surface area contributed by atoms with Gasteiger partial charge in [-0.25, -0.2) is 0 Å². The second kappa shape index (κ2) is 5.02. The van der Waals surface area contributed by atoms with Crippen molar-refractivity contribution in [1.82, 2.24) is 0 Å². The molecule has 0 aliphatic carbocycles. The average Bonchev–Trinajstić information content (AvgIpc) is 2.17. The van der Waals surface area contributed by atoms with E-state index >= 15 is 0 Å². The first-order valence-electron chi connectivity index (χ1n) is 4.73. The van der Waals surface area contributed by atoms with Crippen molar-refractivity contribution < 1.29 is 4.74 Å². The maximum Gasteiger partial charge on any atom is 0.132 e. The molecule has 0 aromatic rings. The van der Waals surface area contributed by atoms with Gasteiger partial charge in [-0.15, -0.1) is 19.6 Å². The van der Waals surface area contributed by atoms with Gasteiger partial charge in [0.2, 0.25) is 0 Å². The van der Waals surface area contributed by atoms with Gasteiger partial charge in [-0.05, 0) is 11.8 Å². The summed E-state index contributed by atoms with van der Waals surface area (Å²) in [6, 6.07) is 0. The van der Waals surface area contributed by atoms with Crippen molar-refractivity contribution in [3.63, 3.8) is 0 Å². The van der Waals surface area contributed by atoms with E-state index in [1.54, 1.807) is 13.2 Å². The molecule has 0 saturated heterocycles. The van der Waals surface area contributed by atoms with E-state index in [0.29, 0.717) is 6.42 Å². The Balaban J connectivity index is 4.76. The van der Waals surface area contributed by atoms with E-state index in [1.165, 1.54) is 0 Å². The van der Waals surface area contributed by atoms with Gasteiger partial charge in [0.05, 0.1) is 0 Å². The van der Waals surface area contributed by atoms with Crippen LogP contribution in [0.25, 0.3) is 0 Å². The van der Waals surface area contributed by atoms with Crippen LogP contribution in [0.5, 0.6) is 0 Å². The van der Waals surface area contributed by atoms with Crippen LogP contribution < -0.4 is 0 Å². The largest absolute Gasteiger partial charge is 0.365 e. The van der Waals surface area contributed by atoms with Crippen LogP contribution in [0.15, 0.2) is 25.3 Å². The zero-order valence-corrected chi connectivity index (χ0v) is 9.47. The molecule has 0 rings (SSSR count). The van der Waals surface area contributed by atoms with Crippen LogP contribution in [-0.4, -0.2) is 12.7 Å². The van der Waals surface area contributed by atoms with Gasteiger partial charge in [-0.3, -0.25) is 0 Å². The molecule has 0 aromatic heterocycles. The molecule has 0 aromatic carbocycles. The summed E-state index contributed by atoms with van der Waals surface area (Å²) in [7, 11) is 1.64. The molecule has 0 aliphatic heterocycles. The summed E-state index contributed by atoms with van der Waals surface area (Å²) >= 11 is 0. The number of allylic oxidation sites excluding steroid dienone is 1. The Kier molecular flexibility index (Phi) is 4.67. The van der Waals surface area contributed by atoms with Crippen LogP contribution in [0, 0.1) is 17.8 Å². The van der Waals surface area contributed by atoms with Crippen molar-refractivity contribution in [3.8, 4) is 12.3 Å². The Hall–Kier alpha value is -1.00. The summed E-state index contributed by atoms with van der Waals surface area (Å²) in [5.41, 5.74) is -0.565. The Morgan fingerprint density at radius 2 is 2.00 bits per heavy atom. The molecule has 0 radical (unpaired) electrons. The molecule has 0 N–H and O–H groups in total. The summed E-state index contributed by atoms with van der Waals surface area (Å²) in [5.74, 6) is 2.72. The topological polar surface area (TPSA) is 9.23 Å². The predicted octanol–water partition coefficient (Wildman–Crippen LogP) is 3.18. The third kappa shape index (κ3) is 3.40. The van der Waals surface area contributed by atoms with Crippen LogP contribution in [-0.2, 0) is 4.74 Å². The molecule has 78 valence electrons. The molecule has 1 atom stereocenters. The third-order valence-corrected chi connectivity index (χ3v) is 2.42. The van der Waals surface area contributed by atoms with Gasteiger partial charge < -0.3 is 4.74 Å². The zero-order chi connectivity index (χ0) is 11.2. The third-order valence-electron chi connectivity index (χ3n) is 2.42. The second-order valence-electron chi connectivity index (χ2n) is 4.21. The fraction of sp³-hybridized carbons (Fsp3) is 0.538. The monoisotopic (exact) mass is 192 g/mol. The molecule has 14 heavy (non-hydrogen) atoms. The van der Waals surface area contributed by atoms with E-state index in [4.69, 9.17) is 11.2 Å². The van der Waals surface area contributed by atoms with Crippen LogP contribution in [0.1, 0.15) is 26.7 Å². The zero-order valence-electron chi connectivity index (χ0n) is 9.47. The standard InChI is InChI=1S/C13H20O/c1-7-10-13(9-3,14-6)11-12(4,5)8-2/h3,7-8H,1-2,10-11H2,4-6H3. The van der Waals surface area contributed by atoms with Gasteiger partial charge in [0, 0.05) is 13.5 Å². The summed E-state index contributed by atoms with van der Waals surface area (Å²) in [6.07, 6.45) is 10.6. The van der Waals surface area contributed by atoms with E-state index in [0.717, 1.165) is 6.42 Å². The normalized spacial score (nSPS) is 15.3. The number of hydrogen-bond acceptors (Lipinski definition) is 1. The van der Waals surface area contributed by atoms with E-state index in [9.17, 15) is 0 Å². The fourth-order valence-corrected chi connectivity index (χ4v) is 1.44. The van der Waals surface area contributed by atoms with Crippen molar-refractivity contribution in [2.45, 2.75) is 32.3 Å². The molecule has 0 saturated carbocycles. The molecule has 0 fully saturated rings. The summed E-state index contributed by atoms with van der Waals surface area (Å²) < 4.78 is 5.41. The van der Waals surface area contributed by atoms with Crippen molar-refractivity contribution >= 4 is 0 Å². The Morgan fingerprint density at radius 3 is 2.29 bits per heavy atom. The highest BCUT2D eigenvalue weighted by Crippen LogP contribution is 2.33. The number of ether oxygens (including phenoxy) is 1. The first-order valence-corrected chi connectivity index (χ1v) is 4.73. The smallest absolute Gasteiger partial charge is 0.132 e. The van der Waals surface area contributed by atoms with Gasteiger partial charge in [-0.1, -0.05) is 31.9 Å². The maximum atomic E-state index is 5.51. The van der Waals surface area contributed by atoms with Gasteiger partial charge >= 0.3 is 0 Å². The molecule has 0 spiro atoms. The quantitative estimate of drug-likeness (QED) is 0.464. The first kappa shape index (κ1) is 13.0. The Labute approximate surface area is 87.9 Å². The predicted molar refractivity (Wildman–Crippen MR) is 62.0 cm³/mol. The van der Waals surface area contributed by atoms with Crippen molar-refractivity contribution in [2.75, 3.05) is 7.11 Å². The fourth-order valence-electron chi connectivity index (χ4n) is 1.44. The Morgan fingerprint density at radius 1 is 1.43 bits per heavy atom. The van der Waals surface area contributed by atoms with Crippen LogP contribution >= 0.6 is 0 Å². The molecule has 0 heterocycles. The molecule has 0 amide bonds. The number of methoxy groups -OCH3 is 1. The van der Waals surface area contributed by atoms with E-state index in [-0.39, 0.29) is 5.41 Å². The summed E-state index contributed by atoms with van der Waals surface area (Å²) in [5, 5.41) is 0. The van der Waals surface area contributed by atoms with E-state index in [2.05, 4.69) is 32.9 Å². The highest BCUT2D eigenvalue weighted by molar-refractivity contribution is 5.14. The van der Waals surface area contributed by atoms with Gasteiger partial charge in [0.15, 0.2) is 0 Å². The van der Waals surface area contributed by atoms with Gasteiger partial charge in [0.25, 0.3) is 0 Å². The van der Waals surface area contributed by atoms with Crippen molar-refractivity contribution in [2.24, 2.45) is 5.41 Å². The van der Waals surface area contributed by atoms with Gasteiger partial charge in [-0.2, -0.15) is 0 Å². The van der Waals surface area contributed by atoms with Crippen molar-refractivity contribution in [3.05, 3.63) is 25.3 Å². The average molecular weight is 192 g/mol. The number of rotatable bonds is 6. The van der Waals surface area contributed by atoms with Crippen LogP contribution in [0.2, 0.25) is 0 Å². The molecule has 1 heteroatoms. The summed E-state index contributed by atoms with van der Waals surface area (Å²) in [4.78, 5) is 0. The molecule has 0 bridgehead atoms. The minimum absolute atomic E-state index is 0.0224. The maximum absolute atomic E-state index is 5.51. The van der Waals surface area contributed by atoms with Crippen LogP contribution in [0.4, 0.5) is 0 Å². The molecular weight excluding hydrogens is 172 g/mol. The number of hydrogen-bond donors (Lipinski definition) is 0. The minimum atomic E-state index is -0.542. The van der Waals surface area contributed by atoms with Gasteiger partial charge in [0.1, 0.15) is 5.60 Å². The molecule has 1 unspecified atom stereocenters.